The second-order valence-electron chi connectivity index (χ2n) is 6.53. The highest BCUT2D eigenvalue weighted by Crippen LogP contribution is 2.23. The topological polar surface area (TPSA) is 60.0 Å². The van der Waals surface area contributed by atoms with Crippen molar-refractivity contribution in [1.82, 2.24) is 5.32 Å². The van der Waals surface area contributed by atoms with E-state index in [0.717, 1.165) is 38.9 Å². The molecule has 5 nitrogen and oxygen atoms in total. The van der Waals surface area contributed by atoms with Crippen molar-refractivity contribution in [2.24, 2.45) is 0 Å². The van der Waals surface area contributed by atoms with Crippen LogP contribution in [-0.2, 0) is 14.2 Å². The summed E-state index contributed by atoms with van der Waals surface area (Å²) in [6, 6.07) is 0.423. The molecular weight excluding hydrogens is 258 g/mol. The van der Waals surface area contributed by atoms with E-state index in [1.54, 1.807) is 0 Å². The first-order valence-corrected chi connectivity index (χ1v) is 7.80. The molecule has 0 aromatic heterocycles. The standard InChI is InChI=1S/C15H29NO4/c1-15(2)8-12(5-7-20-15)16-9-13(17)10-18-11-14-4-3-6-19-14/h12-14,16-17H,3-11H2,1-2H3. The Morgan fingerprint density at radius 1 is 1.35 bits per heavy atom. The molecule has 3 atom stereocenters. The third-order valence-electron chi connectivity index (χ3n) is 3.98. The molecule has 0 aromatic rings. The summed E-state index contributed by atoms with van der Waals surface area (Å²) in [5.41, 5.74) is -0.0584. The molecular formula is C15H29NO4. The van der Waals surface area contributed by atoms with Gasteiger partial charge in [0.25, 0.3) is 0 Å². The van der Waals surface area contributed by atoms with Crippen LogP contribution in [0.1, 0.15) is 39.5 Å². The zero-order chi connectivity index (χ0) is 14.4. The van der Waals surface area contributed by atoms with Gasteiger partial charge in [-0.15, -0.1) is 0 Å². The molecule has 2 heterocycles. The SMILES string of the molecule is CC1(C)CC(NCC(O)COCC2CCCO2)CCO1. The van der Waals surface area contributed by atoms with Crippen LogP contribution in [0.3, 0.4) is 0 Å². The monoisotopic (exact) mass is 287 g/mol. The van der Waals surface area contributed by atoms with Gasteiger partial charge in [-0.2, -0.15) is 0 Å². The normalized spacial score (nSPS) is 31.4. The van der Waals surface area contributed by atoms with E-state index in [9.17, 15) is 5.11 Å². The first kappa shape index (κ1) is 16.2. The van der Waals surface area contributed by atoms with Crippen LogP contribution in [0.2, 0.25) is 0 Å². The van der Waals surface area contributed by atoms with Gasteiger partial charge in [-0.3, -0.25) is 0 Å². The molecule has 0 aliphatic carbocycles. The Hall–Kier alpha value is -0.200. The maximum atomic E-state index is 9.92. The highest BCUT2D eigenvalue weighted by molar-refractivity contribution is 4.83. The van der Waals surface area contributed by atoms with Gasteiger partial charge >= 0.3 is 0 Å². The van der Waals surface area contributed by atoms with Gasteiger partial charge in [0.05, 0.1) is 31.0 Å². The molecule has 118 valence electrons. The number of hydrogen-bond donors (Lipinski definition) is 2. The highest BCUT2D eigenvalue weighted by atomic mass is 16.5. The predicted molar refractivity (Wildman–Crippen MR) is 76.9 cm³/mol. The Kier molecular flexibility index (Phi) is 6.23. The Balaban J connectivity index is 1.54. The summed E-state index contributed by atoms with van der Waals surface area (Å²) in [6.45, 7) is 7.41. The molecule has 0 aromatic carbocycles. The van der Waals surface area contributed by atoms with Gasteiger partial charge in [0, 0.05) is 25.8 Å². The minimum absolute atomic E-state index is 0.0584. The summed E-state index contributed by atoms with van der Waals surface area (Å²) in [7, 11) is 0. The summed E-state index contributed by atoms with van der Waals surface area (Å²) >= 11 is 0. The quantitative estimate of drug-likeness (QED) is 0.734. The van der Waals surface area contributed by atoms with E-state index < -0.39 is 6.10 Å². The third kappa shape index (κ3) is 5.66. The summed E-state index contributed by atoms with van der Waals surface area (Å²) in [4.78, 5) is 0. The summed E-state index contributed by atoms with van der Waals surface area (Å²) in [5, 5.41) is 13.3. The lowest BCUT2D eigenvalue weighted by atomic mass is 9.94. The van der Waals surface area contributed by atoms with E-state index in [1.807, 2.05) is 0 Å². The number of aliphatic hydroxyl groups excluding tert-OH is 1. The predicted octanol–water partition coefficient (Wildman–Crippen LogP) is 1.09. The fraction of sp³-hybridized carbons (Fsp3) is 1.00. The van der Waals surface area contributed by atoms with Crippen molar-refractivity contribution in [3.05, 3.63) is 0 Å². The lowest BCUT2D eigenvalue weighted by Crippen LogP contribution is -2.46. The molecule has 2 N–H and O–H groups in total. The summed E-state index contributed by atoms with van der Waals surface area (Å²) in [5.74, 6) is 0. The van der Waals surface area contributed by atoms with E-state index >= 15 is 0 Å². The second kappa shape index (κ2) is 7.71. The van der Waals surface area contributed by atoms with E-state index in [2.05, 4.69) is 19.2 Å². The van der Waals surface area contributed by atoms with Gasteiger partial charge < -0.3 is 24.6 Å². The largest absolute Gasteiger partial charge is 0.389 e. The van der Waals surface area contributed by atoms with Crippen molar-refractivity contribution >= 4 is 0 Å². The van der Waals surface area contributed by atoms with Crippen molar-refractivity contribution in [1.29, 1.82) is 0 Å². The van der Waals surface area contributed by atoms with Crippen LogP contribution in [0.5, 0.6) is 0 Å². The summed E-state index contributed by atoms with van der Waals surface area (Å²) in [6.07, 6.45) is 3.96. The zero-order valence-corrected chi connectivity index (χ0v) is 12.8. The van der Waals surface area contributed by atoms with E-state index in [1.165, 1.54) is 0 Å². The summed E-state index contributed by atoms with van der Waals surface area (Å²) < 4.78 is 16.7. The molecule has 0 bridgehead atoms. The molecule has 0 saturated carbocycles. The Morgan fingerprint density at radius 2 is 2.20 bits per heavy atom. The third-order valence-corrected chi connectivity index (χ3v) is 3.98. The van der Waals surface area contributed by atoms with Gasteiger partial charge in [-0.1, -0.05) is 0 Å². The zero-order valence-electron chi connectivity index (χ0n) is 12.8. The first-order valence-electron chi connectivity index (χ1n) is 7.80. The second-order valence-corrected chi connectivity index (χ2v) is 6.53. The van der Waals surface area contributed by atoms with Gasteiger partial charge in [-0.25, -0.2) is 0 Å². The van der Waals surface area contributed by atoms with Gasteiger partial charge in [-0.05, 0) is 39.5 Å². The molecule has 5 heteroatoms. The van der Waals surface area contributed by atoms with Crippen LogP contribution in [0, 0.1) is 0 Å². The molecule has 2 saturated heterocycles. The molecule has 2 aliphatic rings. The Bertz CT molecular complexity index is 279. The van der Waals surface area contributed by atoms with E-state index in [0.29, 0.717) is 25.8 Å². The maximum Gasteiger partial charge on any atom is 0.0897 e. The fourth-order valence-electron chi connectivity index (χ4n) is 2.88. The van der Waals surface area contributed by atoms with Crippen LogP contribution >= 0.6 is 0 Å². The number of ether oxygens (including phenoxy) is 3. The number of aliphatic hydroxyl groups is 1. The molecule has 0 radical (unpaired) electrons. The lowest BCUT2D eigenvalue weighted by molar-refractivity contribution is -0.0653. The van der Waals surface area contributed by atoms with Gasteiger partial charge in [0.15, 0.2) is 0 Å². The molecule has 3 unspecified atom stereocenters. The van der Waals surface area contributed by atoms with Crippen molar-refractivity contribution in [2.45, 2.75) is 63.4 Å². The van der Waals surface area contributed by atoms with Crippen LogP contribution in [-0.4, -0.2) is 61.9 Å². The van der Waals surface area contributed by atoms with Crippen molar-refractivity contribution < 1.29 is 19.3 Å². The van der Waals surface area contributed by atoms with Gasteiger partial charge in [0.2, 0.25) is 0 Å². The van der Waals surface area contributed by atoms with Crippen molar-refractivity contribution in [3.8, 4) is 0 Å². The van der Waals surface area contributed by atoms with E-state index in [-0.39, 0.29) is 11.7 Å². The minimum Gasteiger partial charge on any atom is -0.389 e. The first-order chi connectivity index (χ1) is 9.55. The molecule has 0 spiro atoms. The fourth-order valence-corrected chi connectivity index (χ4v) is 2.88. The average Bonchev–Trinajstić information content (AvgIpc) is 2.88. The number of hydrogen-bond acceptors (Lipinski definition) is 5. The lowest BCUT2D eigenvalue weighted by Gasteiger charge is -2.36. The average molecular weight is 287 g/mol. The Labute approximate surface area is 122 Å². The van der Waals surface area contributed by atoms with Gasteiger partial charge in [0.1, 0.15) is 0 Å². The number of rotatable bonds is 7. The van der Waals surface area contributed by atoms with Crippen LogP contribution < -0.4 is 5.32 Å². The molecule has 2 fully saturated rings. The highest BCUT2D eigenvalue weighted by Gasteiger charge is 2.28. The van der Waals surface area contributed by atoms with Crippen LogP contribution in [0.15, 0.2) is 0 Å². The molecule has 2 aliphatic heterocycles. The number of nitrogens with one attached hydrogen (secondary N) is 1. The molecule has 20 heavy (non-hydrogen) atoms. The van der Waals surface area contributed by atoms with E-state index in [4.69, 9.17) is 14.2 Å². The van der Waals surface area contributed by atoms with Crippen molar-refractivity contribution in [2.75, 3.05) is 33.0 Å². The maximum absolute atomic E-state index is 9.92. The van der Waals surface area contributed by atoms with Crippen molar-refractivity contribution in [3.63, 3.8) is 0 Å². The van der Waals surface area contributed by atoms with Crippen LogP contribution in [0.4, 0.5) is 0 Å². The minimum atomic E-state index is -0.456. The Morgan fingerprint density at radius 3 is 2.90 bits per heavy atom. The molecule has 2 rings (SSSR count). The smallest absolute Gasteiger partial charge is 0.0897 e. The van der Waals surface area contributed by atoms with Crippen LogP contribution in [0.25, 0.3) is 0 Å². The molecule has 0 amide bonds.